The monoisotopic (exact) mass is 184 g/mol. The molecule has 0 aromatic carbocycles. The van der Waals surface area contributed by atoms with Gasteiger partial charge in [0.2, 0.25) is 5.91 Å². The highest BCUT2D eigenvalue weighted by Gasteiger charge is 2.26. The van der Waals surface area contributed by atoms with Gasteiger partial charge in [0.05, 0.1) is 0 Å². The molecule has 1 aliphatic rings. The maximum Gasteiger partial charge on any atom is 0.219 e. The molecule has 2 atom stereocenters. The quantitative estimate of drug-likeness (QED) is 0.655. The molecule has 3 nitrogen and oxygen atoms in total. The van der Waals surface area contributed by atoms with Crippen LogP contribution in [0.4, 0.5) is 0 Å². The third kappa shape index (κ3) is 2.69. The second-order valence-electron chi connectivity index (χ2n) is 4.34. The average molecular weight is 184 g/mol. The molecule has 0 radical (unpaired) electrons. The largest absolute Gasteiger partial charge is 0.340 e. The summed E-state index contributed by atoms with van der Waals surface area (Å²) < 4.78 is 0. The van der Waals surface area contributed by atoms with E-state index in [9.17, 15) is 4.79 Å². The Labute approximate surface area is 80.5 Å². The van der Waals surface area contributed by atoms with Gasteiger partial charge >= 0.3 is 0 Å². The summed E-state index contributed by atoms with van der Waals surface area (Å²) in [5, 5.41) is 3.51. The molecular weight excluding hydrogens is 164 g/mol. The summed E-state index contributed by atoms with van der Waals surface area (Å²) in [5.41, 5.74) is 0. The second-order valence-corrected chi connectivity index (χ2v) is 4.34. The van der Waals surface area contributed by atoms with Crippen molar-refractivity contribution in [2.45, 2.75) is 39.8 Å². The van der Waals surface area contributed by atoms with Crippen LogP contribution >= 0.6 is 0 Å². The fourth-order valence-electron chi connectivity index (χ4n) is 1.77. The van der Waals surface area contributed by atoms with Crippen LogP contribution < -0.4 is 5.32 Å². The lowest BCUT2D eigenvalue weighted by atomic mass is 10.00. The zero-order chi connectivity index (χ0) is 10.0. The molecule has 0 aromatic rings. The Balaban J connectivity index is 2.57. The summed E-state index contributed by atoms with van der Waals surface area (Å²) in [4.78, 5) is 13.1. The number of hydrogen-bond donors (Lipinski definition) is 1. The molecule has 1 rings (SSSR count). The molecule has 0 aliphatic carbocycles. The van der Waals surface area contributed by atoms with Gasteiger partial charge in [0.1, 0.15) is 0 Å². The number of nitrogens with zero attached hydrogens (tertiary/aromatic N) is 1. The van der Waals surface area contributed by atoms with Crippen LogP contribution in [0.25, 0.3) is 0 Å². The highest BCUT2D eigenvalue weighted by molar-refractivity contribution is 5.73. The van der Waals surface area contributed by atoms with Crippen LogP contribution in [0.5, 0.6) is 0 Å². The molecule has 1 saturated heterocycles. The molecule has 1 N–H and O–H groups in total. The van der Waals surface area contributed by atoms with E-state index in [0.29, 0.717) is 18.0 Å². The van der Waals surface area contributed by atoms with Crippen molar-refractivity contribution in [3.05, 3.63) is 0 Å². The Kier molecular flexibility index (Phi) is 3.31. The van der Waals surface area contributed by atoms with E-state index in [2.05, 4.69) is 26.1 Å². The van der Waals surface area contributed by atoms with Gasteiger partial charge in [-0.25, -0.2) is 0 Å². The molecule has 3 heteroatoms. The van der Waals surface area contributed by atoms with Crippen LogP contribution in [-0.4, -0.2) is 36.0 Å². The molecule has 2 unspecified atom stereocenters. The zero-order valence-electron chi connectivity index (χ0n) is 9.00. The van der Waals surface area contributed by atoms with Gasteiger partial charge in [0.15, 0.2) is 0 Å². The maximum atomic E-state index is 11.2. The molecule has 0 aromatic heterocycles. The molecule has 1 aliphatic heterocycles. The van der Waals surface area contributed by atoms with Gasteiger partial charge in [-0.2, -0.15) is 0 Å². The fourth-order valence-corrected chi connectivity index (χ4v) is 1.77. The number of carbonyl (C=O) groups is 1. The van der Waals surface area contributed by atoms with Crippen molar-refractivity contribution in [3.63, 3.8) is 0 Å². The lowest BCUT2D eigenvalue weighted by Gasteiger charge is -2.39. The van der Waals surface area contributed by atoms with Crippen molar-refractivity contribution in [1.82, 2.24) is 10.2 Å². The average Bonchev–Trinajstić information content (AvgIpc) is 2.03. The van der Waals surface area contributed by atoms with Crippen molar-refractivity contribution >= 4 is 5.91 Å². The minimum Gasteiger partial charge on any atom is -0.340 e. The van der Waals surface area contributed by atoms with Crippen LogP contribution in [-0.2, 0) is 4.79 Å². The summed E-state index contributed by atoms with van der Waals surface area (Å²) in [6.07, 6.45) is 0. The van der Waals surface area contributed by atoms with E-state index in [0.717, 1.165) is 13.1 Å². The van der Waals surface area contributed by atoms with Gasteiger partial charge in [-0.05, 0) is 12.8 Å². The molecule has 0 spiro atoms. The summed E-state index contributed by atoms with van der Waals surface area (Å²) in [6, 6.07) is 0.873. The number of hydrogen-bond acceptors (Lipinski definition) is 2. The molecule has 0 bridgehead atoms. The van der Waals surface area contributed by atoms with Gasteiger partial charge in [0, 0.05) is 32.1 Å². The number of carbonyl (C=O) groups excluding carboxylic acids is 1. The molecule has 13 heavy (non-hydrogen) atoms. The normalized spacial score (nSPS) is 29.5. The van der Waals surface area contributed by atoms with E-state index < -0.39 is 0 Å². The molecule has 1 heterocycles. The van der Waals surface area contributed by atoms with Crippen LogP contribution in [0.1, 0.15) is 27.7 Å². The number of rotatable bonds is 1. The number of amides is 1. The SMILES string of the molecule is CC(=O)N1CC(C)NC(C(C)C)C1. The fraction of sp³-hybridized carbons (Fsp3) is 0.900. The topological polar surface area (TPSA) is 32.3 Å². The number of nitrogens with one attached hydrogen (secondary N) is 1. The van der Waals surface area contributed by atoms with Crippen molar-refractivity contribution in [1.29, 1.82) is 0 Å². The Bertz CT molecular complexity index is 191. The summed E-state index contributed by atoms with van der Waals surface area (Å²) in [7, 11) is 0. The van der Waals surface area contributed by atoms with E-state index in [1.165, 1.54) is 0 Å². The van der Waals surface area contributed by atoms with Gasteiger partial charge in [-0.15, -0.1) is 0 Å². The first-order valence-electron chi connectivity index (χ1n) is 5.02. The predicted molar refractivity (Wildman–Crippen MR) is 53.5 cm³/mol. The van der Waals surface area contributed by atoms with E-state index in [4.69, 9.17) is 0 Å². The highest BCUT2D eigenvalue weighted by atomic mass is 16.2. The van der Waals surface area contributed by atoms with E-state index in [-0.39, 0.29) is 5.91 Å². The van der Waals surface area contributed by atoms with E-state index in [1.807, 2.05) is 4.90 Å². The standard InChI is InChI=1S/C10H20N2O/c1-7(2)10-6-12(9(4)13)5-8(3)11-10/h7-8,10-11H,5-6H2,1-4H3. The smallest absolute Gasteiger partial charge is 0.219 e. The Morgan fingerprint density at radius 1 is 1.46 bits per heavy atom. The minimum absolute atomic E-state index is 0.194. The Morgan fingerprint density at radius 2 is 2.08 bits per heavy atom. The molecule has 0 saturated carbocycles. The highest BCUT2D eigenvalue weighted by Crippen LogP contribution is 2.11. The van der Waals surface area contributed by atoms with Crippen LogP contribution in [0, 0.1) is 5.92 Å². The third-order valence-corrected chi connectivity index (χ3v) is 2.66. The lowest BCUT2D eigenvalue weighted by Crippen LogP contribution is -2.58. The van der Waals surface area contributed by atoms with Crippen LogP contribution in [0.2, 0.25) is 0 Å². The predicted octanol–water partition coefficient (Wildman–Crippen LogP) is 0.851. The molecule has 76 valence electrons. The van der Waals surface area contributed by atoms with Crippen LogP contribution in [0.3, 0.4) is 0 Å². The first kappa shape index (κ1) is 10.5. The zero-order valence-corrected chi connectivity index (χ0v) is 9.00. The third-order valence-electron chi connectivity index (χ3n) is 2.66. The molecule has 1 amide bonds. The molecular formula is C10H20N2O. The first-order chi connectivity index (χ1) is 6.00. The van der Waals surface area contributed by atoms with Gasteiger partial charge in [-0.1, -0.05) is 13.8 Å². The van der Waals surface area contributed by atoms with Gasteiger partial charge in [0.25, 0.3) is 0 Å². The van der Waals surface area contributed by atoms with Crippen LogP contribution in [0.15, 0.2) is 0 Å². The van der Waals surface area contributed by atoms with Gasteiger partial charge < -0.3 is 10.2 Å². The second kappa shape index (κ2) is 4.09. The van der Waals surface area contributed by atoms with Crippen molar-refractivity contribution < 1.29 is 4.79 Å². The lowest BCUT2D eigenvalue weighted by molar-refractivity contribution is -0.130. The maximum absolute atomic E-state index is 11.2. The van der Waals surface area contributed by atoms with E-state index >= 15 is 0 Å². The Hall–Kier alpha value is -0.570. The summed E-state index contributed by atoms with van der Waals surface area (Å²) in [5.74, 6) is 0.781. The van der Waals surface area contributed by atoms with Crippen molar-refractivity contribution in [3.8, 4) is 0 Å². The summed E-state index contributed by atoms with van der Waals surface area (Å²) >= 11 is 0. The Morgan fingerprint density at radius 3 is 2.54 bits per heavy atom. The van der Waals surface area contributed by atoms with Crippen molar-refractivity contribution in [2.75, 3.05) is 13.1 Å². The summed E-state index contributed by atoms with van der Waals surface area (Å²) in [6.45, 7) is 9.86. The van der Waals surface area contributed by atoms with Crippen molar-refractivity contribution in [2.24, 2.45) is 5.92 Å². The van der Waals surface area contributed by atoms with E-state index in [1.54, 1.807) is 6.92 Å². The molecule has 1 fully saturated rings. The van der Waals surface area contributed by atoms with Gasteiger partial charge in [-0.3, -0.25) is 4.79 Å². The first-order valence-corrected chi connectivity index (χ1v) is 5.02. The minimum atomic E-state index is 0.194. The number of piperazine rings is 1.